The lowest BCUT2D eigenvalue weighted by atomic mass is 10.2. The van der Waals surface area contributed by atoms with E-state index in [0.29, 0.717) is 0 Å². The van der Waals surface area contributed by atoms with E-state index in [1.54, 1.807) is 6.20 Å². The van der Waals surface area contributed by atoms with Crippen LogP contribution in [-0.2, 0) is 0 Å². The Morgan fingerprint density at radius 2 is 2.00 bits per heavy atom. The molecule has 0 aromatic carbocycles. The molecular weight excluding hydrogens is 150 g/mol. The maximum absolute atomic E-state index is 4.20. The summed E-state index contributed by atoms with van der Waals surface area (Å²) in [6.07, 6.45) is 1.79. The monoisotopic (exact) mass is 159 g/mol. The van der Waals surface area contributed by atoms with E-state index in [4.69, 9.17) is 0 Å². The Labute approximate surface area is 70.5 Å². The predicted molar refractivity (Wildman–Crippen MR) is 46.8 cm³/mol. The normalized spacial score (nSPS) is 10.5. The molecular formula is C9H9N3. The minimum absolute atomic E-state index is 0.892. The van der Waals surface area contributed by atoms with E-state index in [9.17, 15) is 0 Å². The van der Waals surface area contributed by atoms with Crippen molar-refractivity contribution >= 4 is 11.0 Å². The lowest BCUT2D eigenvalue weighted by molar-refractivity contribution is 1.01. The fraction of sp³-hybridized carbons (Fsp3) is 0.222. The molecule has 0 spiro atoms. The molecule has 0 radical (unpaired) electrons. The minimum atomic E-state index is 0.892. The van der Waals surface area contributed by atoms with Crippen LogP contribution in [-0.4, -0.2) is 15.2 Å². The summed E-state index contributed by atoms with van der Waals surface area (Å²) in [7, 11) is 0. The van der Waals surface area contributed by atoms with Crippen molar-refractivity contribution in [3.8, 4) is 0 Å². The van der Waals surface area contributed by atoms with Gasteiger partial charge in [-0.2, -0.15) is 5.10 Å². The third-order valence-corrected chi connectivity index (χ3v) is 1.81. The number of aryl methyl sites for hydroxylation is 2. The molecule has 0 saturated carbocycles. The van der Waals surface area contributed by atoms with Gasteiger partial charge in [0.25, 0.3) is 0 Å². The predicted octanol–water partition coefficient (Wildman–Crippen LogP) is 1.64. The molecule has 0 fully saturated rings. The van der Waals surface area contributed by atoms with Crippen LogP contribution >= 0.6 is 0 Å². The molecule has 0 atom stereocenters. The van der Waals surface area contributed by atoms with Gasteiger partial charge in [-0.3, -0.25) is 4.98 Å². The highest BCUT2D eigenvalue weighted by molar-refractivity contribution is 5.76. The highest BCUT2D eigenvalue weighted by Gasteiger charge is 1.99. The van der Waals surface area contributed by atoms with E-state index in [1.807, 2.05) is 26.0 Å². The van der Waals surface area contributed by atoms with Crippen molar-refractivity contribution in [2.75, 3.05) is 0 Å². The summed E-state index contributed by atoms with van der Waals surface area (Å²) in [6.45, 7) is 3.92. The summed E-state index contributed by atoms with van der Waals surface area (Å²) < 4.78 is 0. The highest BCUT2D eigenvalue weighted by Crippen LogP contribution is 2.11. The lowest BCUT2D eigenvalue weighted by Crippen LogP contribution is -1.91. The third kappa shape index (κ3) is 1.03. The SMILES string of the molecule is Cc1cc2nccc(C)c2nn1. The van der Waals surface area contributed by atoms with Gasteiger partial charge in [-0.15, -0.1) is 5.10 Å². The number of rotatable bonds is 0. The largest absolute Gasteiger partial charge is 0.254 e. The minimum Gasteiger partial charge on any atom is -0.254 e. The van der Waals surface area contributed by atoms with Crippen molar-refractivity contribution in [2.24, 2.45) is 0 Å². The molecule has 3 heteroatoms. The molecule has 0 amide bonds. The zero-order chi connectivity index (χ0) is 8.55. The van der Waals surface area contributed by atoms with Gasteiger partial charge in [0.15, 0.2) is 0 Å². The molecule has 0 aliphatic heterocycles. The number of aromatic nitrogens is 3. The molecule has 0 bridgehead atoms. The van der Waals surface area contributed by atoms with E-state index in [0.717, 1.165) is 22.3 Å². The van der Waals surface area contributed by atoms with Crippen molar-refractivity contribution in [2.45, 2.75) is 13.8 Å². The van der Waals surface area contributed by atoms with Gasteiger partial charge in [-0.1, -0.05) is 0 Å². The first kappa shape index (κ1) is 7.16. The standard InChI is InChI=1S/C9H9N3/c1-6-3-4-10-8-5-7(2)11-12-9(6)8/h3-5H,1-2H3. The summed E-state index contributed by atoms with van der Waals surface area (Å²) in [4.78, 5) is 4.20. The first-order valence-electron chi connectivity index (χ1n) is 3.83. The van der Waals surface area contributed by atoms with Crippen LogP contribution in [0.25, 0.3) is 11.0 Å². The van der Waals surface area contributed by atoms with Crippen LogP contribution in [0.3, 0.4) is 0 Å². The summed E-state index contributed by atoms with van der Waals surface area (Å²) >= 11 is 0. The molecule has 2 heterocycles. The van der Waals surface area contributed by atoms with Crippen LogP contribution in [0.2, 0.25) is 0 Å². The number of pyridine rings is 1. The smallest absolute Gasteiger partial charge is 0.114 e. The Morgan fingerprint density at radius 3 is 2.83 bits per heavy atom. The number of nitrogens with zero attached hydrogens (tertiary/aromatic N) is 3. The summed E-state index contributed by atoms with van der Waals surface area (Å²) in [5, 5.41) is 8.05. The zero-order valence-corrected chi connectivity index (χ0v) is 7.07. The second-order valence-corrected chi connectivity index (χ2v) is 2.85. The van der Waals surface area contributed by atoms with Crippen LogP contribution in [0.15, 0.2) is 18.3 Å². The van der Waals surface area contributed by atoms with Gasteiger partial charge in [0.1, 0.15) is 5.52 Å². The van der Waals surface area contributed by atoms with E-state index in [-0.39, 0.29) is 0 Å². The van der Waals surface area contributed by atoms with E-state index < -0.39 is 0 Å². The third-order valence-electron chi connectivity index (χ3n) is 1.81. The maximum Gasteiger partial charge on any atom is 0.114 e. The van der Waals surface area contributed by atoms with Crippen molar-refractivity contribution in [3.05, 3.63) is 29.6 Å². The fourth-order valence-electron chi connectivity index (χ4n) is 1.16. The fourth-order valence-corrected chi connectivity index (χ4v) is 1.16. The molecule has 0 saturated heterocycles. The average Bonchev–Trinajstić information content (AvgIpc) is 2.04. The Bertz CT molecular complexity index is 423. The van der Waals surface area contributed by atoms with Gasteiger partial charge in [-0.05, 0) is 31.5 Å². The van der Waals surface area contributed by atoms with E-state index in [2.05, 4.69) is 15.2 Å². The second-order valence-electron chi connectivity index (χ2n) is 2.85. The average molecular weight is 159 g/mol. The Hall–Kier alpha value is -1.51. The molecule has 12 heavy (non-hydrogen) atoms. The van der Waals surface area contributed by atoms with Gasteiger partial charge < -0.3 is 0 Å². The van der Waals surface area contributed by atoms with Crippen molar-refractivity contribution in [1.82, 2.24) is 15.2 Å². The van der Waals surface area contributed by atoms with Gasteiger partial charge in [0, 0.05) is 6.20 Å². The summed E-state index contributed by atoms with van der Waals surface area (Å²) in [6, 6.07) is 3.88. The van der Waals surface area contributed by atoms with Crippen molar-refractivity contribution in [3.63, 3.8) is 0 Å². The molecule has 0 aliphatic rings. The van der Waals surface area contributed by atoms with Crippen LogP contribution < -0.4 is 0 Å². The van der Waals surface area contributed by atoms with Crippen LogP contribution in [0.4, 0.5) is 0 Å². The number of hydrogen-bond acceptors (Lipinski definition) is 3. The highest BCUT2D eigenvalue weighted by atomic mass is 15.1. The maximum atomic E-state index is 4.20. The van der Waals surface area contributed by atoms with Crippen molar-refractivity contribution in [1.29, 1.82) is 0 Å². The molecule has 0 N–H and O–H groups in total. The molecule has 2 aromatic heterocycles. The first-order chi connectivity index (χ1) is 5.77. The summed E-state index contributed by atoms with van der Waals surface area (Å²) in [5.41, 5.74) is 3.83. The Morgan fingerprint density at radius 1 is 1.17 bits per heavy atom. The molecule has 0 unspecified atom stereocenters. The zero-order valence-electron chi connectivity index (χ0n) is 7.07. The summed E-state index contributed by atoms with van der Waals surface area (Å²) in [5.74, 6) is 0. The second kappa shape index (κ2) is 2.52. The molecule has 0 aliphatic carbocycles. The molecule has 3 nitrogen and oxygen atoms in total. The van der Waals surface area contributed by atoms with Crippen molar-refractivity contribution < 1.29 is 0 Å². The van der Waals surface area contributed by atoms with Gasteiger partial charge in [0.05, 0.1) is 11.2 Å². The Balaban J connectivity index is 2.86. The molecule has 2 aromatic rings. The van der Waals surface area contributed by atoms with Gasteiger partial charge >= 0.3 is 0 Å². The topological polar surface area (TPSA) is 38.7 Å². The Kier molecular flexibility index (Phi) is 1.50. The van der Waals surface area contributed by atoms with Crippen LogP contribution in [0.5, 0.6) is 0 Å². The number of fused-ring (bicyclic) bond motifs is 1. The number of hydrogen-bond donors (Lipinski definition) is 0. The van der Waals surface area contributed by atoms with Gasteiger partial charge in [-0.25, -0.2) is 0 Å². The van der Waals surface area contributed by atoms with E-state index in [1.165, 1.54) is 0 Å². The van der Waals surface area contributed by atoms with Gasteiger partial charge in [0.2, 0.25) is 0 Å². The molecule has 60 valence electrons. The van der Waals surface area contributed by atoms with Crippen LogP contribution in [0.1, 0.15) is 11.3 Å². The molecule has 2 rings (SSSR count). The lowest BCUT2D eigenvalue weighted by Gasteiger charge is -1.98. The van der Waals surface area contributed by atoms with Crippen LogP contribution in [0, 0.1) is 13.8 Å². The van der Waals surface area contributed by atoms with E-state index >= 15 is 0 Å². The quantitative estimate of drug-likeness (QED) is 0.586. The first-order valence-corrected chi connectivity index (χ1v) is 3.83.